The fourth-order valence-electron chi connectivity index (χ4n) is 2.16. The molecular formula is C12H14Br2O2S. The van der Waals surface area contributed by atoms with Gasteiger partial charge in [-0.3, -0.25) is 0 Å². The van der Waals surface area contributed by atoms with Crippen LogP contribution in [0.25, 0.3) is 0 Å². The lowest BCUT2D eigenvalue weighted by Gasteiger charge is -2.18. The molecule has 1 aliphatic rings. The molecule has 94 valence electrons. The number of sulfone groups is 1. The Morgan fingerprint density at radius 3 is 2.65 bits per heavy atom. The number of halogens is 2. The summed E-state index contributed by atoms with van der Waals surface area (Å²) in [6.07, 6.45) is 0.749. The van der Waals surface area contributed by atoms with Gasteiger partial charge in [0.15, 0.2) is 9.84 Å². The molecule has 0 bridgehead atoms. The lowest BCUT2D eigenvalue weighted by molar-refractivity contribution is 0.579. The van der Waals surface area contributed by atoms with Crippen LogP contribution in [0.2, 0.25) is 0 Å². The summed E-state index contributed by atoms with van der Waals surface area (Å²) in [5, 5.41) is 0. The van der Waals surface area contributed by atoms with Gasteiger partial charge in [-0.2, -0.15) is 0 Å². The van der Waals surface area contributed by atoms with Crippen molar-refractivity contribution in [3.05, 3.63) is 33.8 Å². The second kappa shape index (κ2) is 5.02. The Balaban J connectivity index is 2.23. The van der Waals surface area contributed by atoms with E-state index in [9.17, 15) is 8.42 Å². The summed E-state index contributed by atoms with van der Waals surface area (Å²) in [6.45, 7) is 2.04. The number of hydrogen-bond donors (Lipinski definition) is 0. The highest BCUT2D eigenvalue weighted by Crippen LogP contribution is 2.40. The first-order valence-electron chi connectivity index (χ1n) is 5.49. The molecule has 2 nitrogen and oxygen atoms in total. The molecule has 1 saturated heterocycles. The summed E-state index contributed by atoms with van der Waals surface area (Å²) in [6, 6.07) is 6.18. The molecule has 1 fully saturated rings. The third-order valence-corrected chi connectivity index (χ3v) is 6.86. The third-order valence-electron chi connectivity index (χ3n) is 3.13. The molecule has 2 rings (SSSR count). The van der Waals surface area contributed by atoms with Crippen molar-refractivity contribution < 1.29 is 8.42 Å². The highest BCUT2D eigenvalue weighted by Gasteiger charge is 2.33. The number of benzene rings is 1. The molecule has 0 spiro atoms. The number of rotatable bonds is 2. The molecule has 17 heavy (non-hydrogen) atoms. The van der Waals surface area contributed by atoms with Crippen LogP contribution in [-0.2, 0) is 9.84 Å². The quantitative estimate of drug-likeness (QED) is 0.733. The van der Waals surface area contributed by atoms with E-state index in [0.717, 1.165) is 16.5 Å². The minimum absolute atomic E-state index is 0.106. The van der Waals surface area contributed by atoms with Gasteiger partial charge in [0.05, 0.1) is 11.5 Å². The maximum atomic E-state index is 11.5. The van der Waals surface area contributed by atoms with Crippen molar-refractivity contribution >= 4 is 41.7 Å². The number of alkyl halides is 1. The molecule has 0 N–H and O–H groups in total. The molecule has 2 unspecified atom stereocenters. The summed E-state index contributed by atoms with van der Waals surface area (Å²) < 4.78 is 24.0. The van der Waals surface area contributed by atoms with Crippen molar-refractivity contribution in [3.63, 3.8) is 0 Å². The molecule has 1 heterocycles. The number of hydrogen-bond acceptors (Lipinski definition) is 2. The van der Waals surface area contributed by atoms with Gasteiger partial charge in [-0.25, -0.2) is 8.42 Å². The standard InChI is InChI=1S/C12H14Br2O2S/c1-8-2-3-10(11(13)6-8)12(14)9-4-5-17(15,16)7-9/h2-3,6,9,12H,4-5,7H2,1H3. The van der Waals surface area contributed by atoms with Gasteiger partial charge in [-0.15, -0.1) is 0 Å². The maximum Gasteiger partial charge on any atom is 0.150 e. The molecule has 0 aliphatic carbocycles. The van der Waals surface area contributed by atoms with E-state index in [1.807, 2.05) is 6.92 Å². The summed E-state index contributed by atoms with van der Waals surface area (Å²) in [4.78, 5) is 0.106. The molecule has 0 amide bonds. The third kappa shape index (κ3) is 3.12. The van der Waals surface area contributed by atoms with Crippen LogP contribution >= 0.6 is 31.9 Å². The second-order valence-electron chi connectivity index (χ2n) is 4.59. The van der Waals surface area contributed by atoms with Gasteiger partial charge in [0.2, 0.25) is 0 Å². The average Bonchev–Trinajstić information content (AvgIpc) is 2.58. The summed E-state index contributed by atoms with van der Waals surface area (Å²) in [5.41, 5.74) is 2.33. The first kappa shape index (κ1) is 13.6. The molecular weight excluding hydrogens is 368 g/mol. The van der Waals surface area contributed by atoms with Crippen molar-refractivity contribution in [1.82, 2.24) is 0 Å². The molecule has 1 aliphatic heterocycles. The molecule has 2 atom stereocenters. The van der Waals surface area contributed by atoms with E-state index in [-0.39, 0.29) is 10.7 Å². The zero-order valence-corrected chi connectivity index (χ0v) is 13.5. The Kier molecular flexibility index (Phi) is 4.00. The van der Waals surface area contributed by atoms with Crippen LogP contribution < -0.4 is 0 Å². The molecule has 1 aromatic carbocycles. The van der Waals surface area contributed by atoms with E-state index >= 15 is 0 Å². The van der Waals surface area contributed by atoms with Crippen LogP contribution in [0.3, 0.4) is 0 Å². The normalized spacial score (nSPS) is 24.8. The van der Waals surface area contributed by atoms with Crippen LogP contribution in [0.1, 0.15) is 22.4 Å². The van der Waals surface area contributed by atoms with Crippen molar-refractivity contribution in [2.75, 3.05) is 11.5 Å². The van der Waals surface area contributed by atoms with E-state index in [1.54, 1.807) is 0 Å². The summed E-state index contributed by atoms with van der Waals surface area (Å²) >= 11 is 7.19. The topological polar surface area (TPSA) is 34.1 Å². The Morgan fingerprint density at radius 2 is 2.12 bits per heavy atom. The van der Waals surface area contributed by atoms with Crippen LogP contribution in [0, 0.1) is 12.8 Å². The fourth-order valence-corrected chi connectivity index (χ4v) is 6.15. The minimum Gasteiger partial charge on any atom is -0.229 e. The SMILES string of the molecule is Cc1ccc(C(Br)C2CCS(=O)(=O)C2)c(Br)c1. The first-order chi connectivity index (χ1) is 7.89. The molecule has 0 aromatic heterocycles. The summed E-state index contributed by atoms with van der Waals surface area (Å²) in [7, 11) is -2.81. The van der Waals surface area contributed by atoms with E-state index in [1.165, 1.54) is 5.56 Å². The Morgan fingerprint density at radius 1 is 1.41 bits per heavy atom. The minimum atomic E-state index is -2.81. The Hall–Kier alpha value is 0.130. The van der Waals surface area contributed by atoms with E-state index in [2.05, 4.69) is 50.1 Å². The highest BCUT2D eigenvalue weighted by atomic mass is 79.9. The average molecular weight is 382 g/mol. The van der Waals surface area contributed by atoms with E-state index in [4.69, 9.17) is 0 Å². The smallest absolute Gasteiger partial charge is 0.150 e. The zero-order chi connectivity index (χ0) is 12.6. The van der Waals surface area contributed by atoms with Gasteiger partial charge >= 0.3 is 0 Å². The highest BCUT2D eigenvalue weighted by molar-refractivity contribution is 9.11. The number of aryl methyl sites for hydroxylation is 1. The van der Waals surface area contributed by atoms with Crippen LogP contribution in [0.5, 0.6) is 0 Å². The van der Waals surface area contributed by atoms with Crippen LogP contribution in [0.4, 0.5) is 0 Å². The van der Waals surface area contributed by atoms with Crippen LogP contribution in [0.15, 0.2) is 22.7 Å². The van der Waals surface area contributed by atoms with Crippen molar-refractivity contribution in [2.24, 2.45) is 5.92 Å². The molecule has 1 aromatic rings. The first-order valence-corrected chi connectivity index (χ1v) is 9.02. The molecule has 5 heteroatoms. The van der Waals surface area contributed by atoms with Gasteiger partial charge in [0.25, 0.3) is 0 Å². The van der Waals surface area contributed by atoms with E-state index in [0.29, 0.717) is 11.5 Å². The Bertz CT molecular complexity index is 525. The summed E-state index contributed by atoms with van der Waals surface area (Å²) in [5.74, 6) is 0.797. The Labute approximate surface area is 119 Å². The predicted octanol–water partition coefficient (Wildman–Crippen LogP) is 3.63. The van der Waals surface area contributed by atoms with Crippen molar-refractivity contribution in [3.8, 4) is 0 Å². The zero-order valence-electron chi connectivity index (χ0n) is 9.49. The fraction of sp³-hybridized carbons (Fsp3) is 0.500. The monoisotopic (exact) mass is 380 g/mol. The van der Waals surface area contributed by atoms with Gasteiger partial charge in [0.1, 0.15) is 0 Å². The molecule has 0 saturated carbocycles. The van der Waals surface area contributed by atoms with Crippen molar-refractivity contribution in [1.29, 1.82) is 0 Å². The molecule has 0 radical (unpaired) electrons. The van der Waals surface area contributed by atoms with Gasteiger partial charge in [-0.1, -0.05) is 44.0 Å². The van der Waals surface area contributed by atoms with Crippen molar-refractivity contribution in [2.45, 2.75) is 18.2 Å². The van der Waals surface area contributed by atoms with Gasteiger partial charge in [0, 0.05) is 9.30 Å². The van der Waals surface area contributed by atoms with Crippen LogP contribution in [-0.4, -0.2) is 19.9 Å². The maximum absolute atomic E-state index is 11.5. The largest absolute Gasteiger partial charge is 0.229 e. The second-order valence-corrected chi connectivity index (χ2v) is 8.66. The van der Waals surface area contributed by atoms with Gasteiger partial charge in [-0.05, 0) is 36.5 Å². The lowest BCUT2D eigenvalue weighted by atomic mass is 9.98. The lowest BCUT2D eigenvalue weighted by Crippen LogP contribution is -2.10. The van der Waals surface area contributed by atoms with Gasteiger partial charge < -0.3 is 0 Å². The predicted molar refractivity (Wildman–Crippen MR) is 77.3 cm³/mol. The van der Waals surface area contributed by atoms with E-state index < -0.39 is 9.84 Å².